The molecule has 1 aliphatic heterocycles. The Morgan fingerprint density at radius 2 is 2.12 bits per heavy atom. The SMILES string of the molecule is CCCC1CCCCN1CC(CO)NC(C)C. The number of hydrogen-bond acceptors (Lipinski definition) is 3. The van der Waals surface area contributed by atoms with Crippen LogP contribution in [0.25, 0.3) is 0 Å². The smallest absolute Gasteiger partial charge is 0.0597 e. The minimum atomic E-state index is 0.229. The molecular weight excluding hydrogens is 212 g/mol. The van der Waals surface area contributed by atoms with Crippen molar-refractivity contribution in [3.8, 4) is 0 Å². The van der Waals surface area contributed by atoms with Gasteiger partial charge in [-0.25, -0.2) is 0 Å². The van der Waals surface area contributed by atoms with Crippen molar-refractivity contribution in [2.45, 2.75) is 71.0 Å². The van der Waals surface area contributed by atoms with Crippen LogP contribution in [0.1, 0.15) is 52.9 Å². The van der Waals surface area contributed by atoms with E-state index in [0.29, 0.717) is 6.04 Å². The molecule has 0 radical (unpaired) electrons. The molecule has 2 unspecified atom stereocenters. The maximum absolute atomic E-state index is 9.43. The summed E-state index contributed by atoms with van der Waals surface area (Å²) >= 11 is 0. The molecular formula is C14H30N2O. The number of aliphatic hydroxyl groups excluding tert-OH is 1. The third-order valence-corrected chi connectivity index (χ3v) is 3.62. The Hall–Kier alpha value is -0.120. The van der Waals surface area contributed by atoms with E-state index in [0.717, 1.165) is 12.6 Å². The summed E-state index contributed by atoms with van der Waals surface area (Å²) in [7, 11) is 0. The highest BCUT2D eigenvalue weighted by molar-refractivity contribution is 4.81. The Balaban J connectivity index is 2.44. The van der Waals surface area contributed by atoms with Crippen LogP contribution in [0.3, 0.4) is 0 Å². The second-order valence-electron chi connectivity index (χ2n) is 5.63. The normalized spacial score (nSPS) is 24.2. The maximum atomic E-state index is 9.43. The molecule has 17 heavy (non-hydrogen) atoms. The molecule has 3 nitrogen and oxygen atoms in total. The lowest BCUT2D eigenvalue weighted by atomic mass is 9.97. The fourth-order valence-electron chi connectivity index (χ4n) is 2.88. The highest BCUT2D eigenvalue weighted by atomic mass is 16.3. The number of aliphatic hydroxyl groups is 1. The molecule has 0 saturated carbocycles. The van der Waals surface area contributed by atoms with Gasteiger partial charge in [0.25, 0.3) is 0 Å². The van der Waals surface area contributed by atoms with E-state index >= 15 is 0 Å². The van der Waals surface area contributed by atoms with E-state index < -0.39 is 0 Å². The summed E-state index contributed by atoms with van der Waals surface area (Å²) in [5.41, 5.74) is 0. The van der Waals surface area contributed by atoms with E-state index in [9.17, 15) is 5.11 Å². The number of nitrogens with zero attached hydrogens (tertiary/aromatic N) is 1. The summed E-state index contributed by atoms with van der Waals surface area (Å²) < 4.78 is 0. The third-order valence-electron chi connectivity index (χ3n) is 3.62. The van der Waals surface area contributed by atoms with Gasteiger partial charge in [0.1, 0.15) is 0 Å². The van der Waals surface area contributed by atoms with Crippen LogP contribution >= 0.6 is 0 Å². The van der Waals surface area contributed by atoms with E-state index in [2.05, 4.69) is 31.0 Å². The number of piperidine rings is 1. The highest BCUT2D eigenvalue weighted by Crippen LogP contribution is 2.20. The minimum absolute atomic E-state index is 0.229. The number of nitrogens with one attached hydrogen (secondary N) is 1. The van der Waals surface area contributed by atoms with Crippen molar-refractivity contribution in [2.75, 3.05) is 19.7 Å². The molecule has 0 aromatic heterocycles. The molecule has 0 aliphatic carbocycles. The average Bonchev–Trinajstić information content (AvgIpc) is 2.30. The zero-order chi connectivity index (χ0) is 12.7. The van der Waals surface area contributed by atoms with Gasteiger partial charge in [-0.05, 0) is 25.8 Å². The Morgan fingerprint density at radius 1 is 1.35 bits per heavy atom. The average molecular weight is 242 g/mol. The monoisotopic (exact) mass is 242 g/mol. The van der Waals surface area contributed by atoms with Crippen molar-refractivity contribution in [1.82, 2.24) is 10.2 Å². The van der Waals surface area contributed by atoms with Crippen molar-refractivity contribution in [1.29, 1.82) is 0 Å². The van der Waals surface area contributed by atoms with Crippen LogP contribution in [0.2, 0.25) is 0 Å². The molecule has 0 aromatic rings. The molecule has 3 heteroatoms. The zero-order valence-electron chi connectivity index (χ0n) is 11.8. The first kappa shape index (κ1) is 14.9. The van der Waals surface area contributed by atoms with Crippen LogP contribution in [0, 0.1) is 0 Å². The predicted octanol–water partition coefficient (Wildman–Crippen LogP) is 2.00. The Bertz CT molecular complexity index is 195. The molecule has 2 N–H and O–H groups in total. The first-order chi connectivity index (χ1) is 8.17. The molecule has 1 aliphatic rings. The minimum Gasteiger partial charge on any atom is -0.395 e. The van der Waals surface area contributed by atoms with Gasteiger partial charge in [-0.1, -0.05) is 33.6 Å². The van der Waals surface area contributed by atoms with E-state index in [4.69, 9.17) is 0 Å². The quantitative estimate of drug-likeness (QED) is 0.717. The molecule has 1 rings (SSSR count). The topological polar surface area (TPSA) is 35.5 Å². The molecule has 0 bridgehead atoms. The zero-order valence-corrected chi connectivity index (χ0v) is 11.8. The van der Waals surface area contributed by atoms with Crippen LogP contribution in [-0.2, 0) is 0 Å². The van der Waals surface area contributed by atoms with E-state index in [-0.39, 0.29) is 12.6 Å². The Kier molecular flexibility index (Phi) is 7.09. The molecule has 1 fully saturated rings. The molecule has 0 spiro atoms. The van der Waals surface area contributed by atoms with Crippen LogP contribution < -0.4 is 5.32 Å². The number of hydrogen-bond donors (Lipinski definition) is 2. The van der Waals surface area contributed by atoms with Crippen LogP contribution in [0.4, 0.5) is 0 Å². The van der Waals surface area contributed by atoms with Gasteiger partial charge in [0.15, 0.2) is 0 Å². The van der Waals surface area contributed by atoms with Crippen molar-refractivity contribution in [3.63, 3.8) is 0 Å². The van der Waals surface area contributed by atoms with Crippen LogP contribution in [-0.4, -0.2) is 47.8 Å². The van der Waals surface area contributed by atoms with Gasteiger partial charge < -0.3 is 10.4 Å². The first-order valence-corrected chi connectivity index (χ1v) is 7.28. The Labute approximate surface area is 107 Å². The molecule has 0 amide bonds. The summed E-state index contributed by atoms with van der Waals surface area (Å²) in [6.45, 7) is 9.00. The van der Waals surface area contributed by atoms with E-state index in [1.807, 2.05) is 0 Å². The van der Waals surface area contributed by atoms with E-state index in [1.165, 1.54) is 38.6 Å². The van der Waals surface area contributed by atoms with Crippen molar-refractivity contribution >= 4 is 0 Å². The Morgan fingerprint density at radius 3 is 2.71 bits per heavy atom. The third kappa shape index (κ3) is 5.36. The second-order valence-corrected chi connectivity index (χ2v) is 5.63. The largest absolute Gasteiger partial charge is 0.395 e. The predicted molar refractivity (Wildman–Crippen MR) is 73.3 cm³/mol. The van der Waals surface area contributed by atoms with Gasteiger partial charge in [-0.15, -0.1) is 0 Å². The molecule has 1 heterocycles. The fraction of sp³-hybridized carbons (Fsp3) is 1.00. The van der Waals surface area contributed by atoms with Gasteiger partial charge >= 0.3 is 0 Å². The van der Waals surface area contributed by atoms with Gasteiger partial charge in [-0.3, -0.25) is 4.90 Å². The lowest BCUT2D eigenvalue weighted by molar-refractivity contribution is 0.105. The van der Waals surface area contributed by atoms with Gasteiger partial charge in [0.05, 0.1) is 6.61 Å². The molecule has 102 valence electrons. The van der Waals surface area contributed by atoms with Gasteiger partial charge in [0.2, 0.25) is 0 Å². The molecule has 2 atom stereocenters. The standard InChI is InChI=1S/C14H30N2O/c1-4-7-14-8-5-6-9-16(14)10-13(11-17)15-12(2)3/h12-15,17H,4-11H2,1-3H3. The number of rotatable bonds is 7. The van der Waals surface area contributed by atoms with Gasteiger partial charge in [0, 0.05) is 24.7 Å². The van der Waals surface area contributed by atoms with Gasteiger partial charge in [-0.2, -0.15) is 0 Å². The second kappa shape index (κ2) is 8.06. The summed E-state index contributed by atoms with van der Waals surface area (Å²) in [6.07, 6.45) is 6.61. The van der Waals surface area contributed by atoms with Crippen molar-refractivity contribution < 1.29 is 5.11 Å². The first-order valence-electron chi connectivity index (χ1n) is 7.28. The number of likely N-dealkylation sites (tertiary alicyclic amines) is 1. The lowest BCUT2D eigenvalue weighted by Gasteiger charge is -2.38. The summed E-state index contributed by atoms with van der Waals surface area (Å²) in [5.74, 6) is 0. The molecule has 1 saturated heterocycles. The molecule has 0 aromatic carbocycles. The van der Waals surface area contributed by atoms with Crippen molar-refractivity contribution in [2.24, 2.45) is 0 Å². The summed E-state index contributed by atoms with van der Waals surface area (Å²) in [4.78, 5) is 2.59. The highest BCUT2D eigenvalue weighted by Gasteiger charge is 2.24. The lowest BCUT2D eigenvalue weighted by Crippen LogP contribution is -2.50. The van der Waals surface area contributed by atoms with Crippen LogP contribution in [0.15, 0.2) is 0 Å². The maximum Gasteiger partial charge on any atom is 0.0597 e. The van der Waals surface area contributed by atoms with E-state index in [1.54, 1.807) is 0 Å². The fourth-order valence-corrected chi connectivity index (χ4v) is 2.88. The van der Waals surface area contributed by atoms with Crippen LogP contribution in [0.5, 0.6) is 0 Å². The van der Waals surface area contributed by atoms with Crippen molar-refractivity contribution in [3.05, 3.63) is 0 Å². The summed E-state index contributed by atoms with van der Waals surface area (Å²) in [5, 5.41) is 12.9. The summed E-state index contributed by atoms with van der Waals surface area (Å²) in [6, 6.07) is 1.42.